The number of likely N-dealkylation sites (N-methyl/N-ethyl adjacent to an activating group) is 1. The van der Waals surface area contributed by atoms with Gasteiger partial charge in [0, 0.05) is 26.1 Å². The number of carbonyl (C=O) groups is 1. The maximum atomic E-state index is 13.2. The number of nitrogens with zero attached hydrogens (tertiary/aromatic N) is 3. The third-order valence-corrected chi connectivity index (χ3v) is 7.98. The number of aliphatic hydroxyl groups excluding tert-OH is 1. The largest absolute Gasteiger partial charge is 0.479 e. The molecule has 3 heterocycles. The van der Waals surface area contributed by atoms with Crippen LogP contribution in [0.4, 0.5) is 11.6 Å². The van der Waals surface area contributed by atoms with Crippen LogP contribution in [0.5, 0.6) is 11.8 Å². The summed E-state index contributed by atoms with van der Waals surface area (Å²) in [6.07, 6.45) is 3.39. The lowest BCUT2D eigenvalue weighted by Crippen LogP contribution is -2.26. The number of rotatable bonds is 15. The van der Waals surface area contributed by atoms with Gasteiger partial charge in [0.25, 0.3) is 5.91 Å². The Balaban J connectivity index is 1.42. The Morgan fingerprint density at radius 1 is 0.977 bits per heavy atom. The first kappa shape index (κ1) is 33.2. The second-order valence-electron chi connectivity index (χ2n) is 12.3. The van der Waals surface area contributed by atoms with Crippen molar-refractivity contribution in [2.75, 3.05) is 58.1 Å². The summed E-state index contributed by atoms with van der Waals surface area (Å²) in [5.41, 5.74) is 4.10. The van der Waals surface area contributed by atoms with Gasteiger partial charge in [-0.25, -0.2) is 0 Å². The zero-order valence-electron chi connectivity index (χ0n) is 27.3. The highest BCUT2D eigenvalue weighted by Crippen LogP contribution is 2.47. The van der Waals surface area contributed by atoms with Crippen molar-refractivity contribution in [3.05, 3.63) is 58.0 Å². The topological polar surface area (TPSA) is 131 Å². The smallest absolute Gasteiger partial charge is 0.291 e. The number of methoxy groups -OCH3 is 2. The van der Waals surface area contributed by atoms with Gasteiger partial charge in [-0.3, -0.25) is 4.79 Å². The van der Waals surface area contributed by atoms with E-state index in [4.69, 9.17) is 23.7 Å². The molecule has 2 aromatic heterocycles. The molecule has 11 nitrogen and oxygen atoms in total. The molecule has 0 bridgehead atoms. The molecule has 0 saturated carbocycles. The molecule has 3 aromatic rings. The van der Waals surface area contributed by atoms with E-state index in [1.807, 2.05) is 13.1 Å². The van der Waals surface area contributed by atoms with Crippen molar-refractivity contribution >= 4 is 17.5 Å². The highest BCUT2D eigenvalue weighted by atomic mass is 16.5. The number of hydrogen-bond acceptors (Lipinski definition) is 10. The van der Waals surface area contributed by atoms with Crippen LogP contribution in [-0.4, -0.2) is 73.4 Å². The van der Waals surface area contributed by atoms with Crippen LogP contribution in [0.25, 0.3) is 0 Å². The third kappa shape index (κ3) is 7.69. The molecule has 0 atom stereocenters. The zero-order valence-corrected chi connectivity index (χ0v) is 27.3. The van der Waals surface area contributed by atoms with Crippen molar-refractivity contribution in [1.29, 1.82) is 0 Å². The number of carbonyl (C=O) groups excluding carboxylic acids is 1. The summed E-state index contributed by atoms with van der Waals surface area (Å²) >= 11 is 0. The maximum absolute atomic E-state index is 13.2. The van der Waals surface area contributed by atoms with E-state index in [9.17, 15) is 4.79 Å². The first-order valence-electron chi connectivity index (χ1n) is 15.2. The molecule has 0 saturated heterocycles. The van der Waals surface area contributed by atoms with Crippen molar-refractivity contribution in [1.82, 2.24) is 14.9 Å². The molecule has 1 aromatic carbocycles. The molecule has 11 heteroatoms. The standard InChI is InChI=1S/C33H47N5O6/c1-21-18-24-25(33(4,5)44-32(24,2)3)20-22(21)19-23-12-13-26(43-23)28(40)35-27-29(41-7)36-31(37-30(27)42-8)34-14-16-38(6)15-10-9-11-17-39/h12-13,18,20,39H,9-11,14-17,19H2,1-8H3,(H,35,40)(H,34,36,37). The Morgan fingerprint density at radius 3 is 2.27 bits per heavy atom. The number of furan rings is 1. The number of benzene rings is 1. The number of fused-ring (bicyclic) bond motifs is 1. The van der Waals surface area contributed by atoms with Crippen molar-refractivity contribution in [3.8, 4) is 11.8 Å². The van der Waals surface area contributed by atoms with E-state index in [1.165, 1.54) is 25.3 Å². The number of anilines is 2. The van der Waals surface area contributed by atoms with Crippen LogP contribution < -0.4 is 20.1 Å². The van der Waals surface area contributed by atoms with Gasteiger partial charge in [0.1, 0.15) is 5.76 Å². The predicted molar refractivity (Wildman–Crippen MR) is 170 cm³/mol. The molecule has 4 rings (SSSR count). The number of ether oxygens (including phenoxy) is 3. The van der Waals surface area contributed by atoms with Gasteiger partial charge >= 0.3 is 0 Å². The second-order valence-corrected chi connectivity index (χ2v) is 12.3. The molecule has 0 unspecified atom stereocenters. The Morgan fingerprint density at radius 2 is 1.64 bits per heavy atom. The fourth-order valence-electron chi connectivity index (χ4n) is 5.69. The van der Waals surface area contributed by atoms with Gasteiger partial charge < -0.3 is 39.3 Å². The summed E-state index contributed by atoms with van der Waals surface area (Å²) in [4.78, 5) is 24.3. The lowest BCUT2D eigenvalue weighted by Gasteiger charge is -2.24. The van der Waals surface area contributed by atoms with E-state index in [0.29, 0.717) is 24.7 Å². The molecule has 0 spiro atoms. The van der Waals surface area contributed by atoms with Gasteiger partial charge in [-0.05, 0) is 102 Å². The van der Waals surface area contributed by atoms with Crippen molar-refractivity contribution in [2.45, 2.75) is 71.5 Å². The van der Waals surface area contributed by atoms with Crippen LogP contribution in [-0.2, 0) is 22.4 Å². The number of hydrogen-bond donors (Lipinski definition) is 3. The zero-order chi connectivity index (χ0) is 32.1. The van der Waals surface area contributed by atoms with Gasteiger partial charge in [-0.1, -0.05) is 12.1 Å². The van der Waals surface area contributed by atoms with E-state index in [2.05, 4.69) is 72.3 Å². The molecule has 0 aliphatic carbocycles. The van der Waals surface area contributed by atoms with Gasteiger partial charge in [-0.2, -0.15) is 9.97 Å². The highest BCUT2D eigenvalue weighted by Gasteiger charge is 2.43. The van der Waals surface area contributed by atoms with Crippen molar-refractivity contribution < 1.29 is 28.5 Å². The number of aromatic nitrogens is 2. The van der Waals surface area contributed by atoms with Crippen LogP contribution in [0.3, 0.4) is 0 Å². The quantitative estimate of drug-likeness (QED) is 0.197. The van der Waals surface area contributed by atoms with Crippen LogP contribution in [0, 0.1) is 6.92 Å². The maximum Gasteiger partial charge on any atom is 0.291 e. The first-order valence-corrected chi connectivity index (χ1v) is 15.2. The minimum absolute atomic E-state index is 0.150. The van der Waals surface area contributed by atoms with E-state index in [-0.39, 0.29) is 35.4 Å². The lowest BCUT2D eigenvalue weighted by atomic mass is 9.86. The number of amides is 1. The minimum atomic E-state index is -0.470. The molecular weight excluding hydrogens is 562 g/mol. The summed E-state index contributed by atoms with van der Waals surface area (Å²) in [7, 11) is 4.99. The number of aliphatic hydroxyl groups is 1. The number of nitrogens with one attached hydrogen (secondary N) is 2. The molecular formula is C33H47N5O6. The monoisotopic (exact) mass is 609 g/mol. The Labute approximate surface area is 260 Å². The first-order chi connectivity index (χ1) is 20.9. The second kappa shape index (κ2) is 14.0. The number of aryl methyl sites for hydroxylation is 1. The van der Waals surface area contributed by atoms with Gasteiger partial charge in [0.2, 0.25) is 17.7 Å². The lowest BCUT2D eigenvalue weighted by molar-refractivity contribution is -0.105. The number of unbranched alkanes of at least 4 members (excludes halogenated alkanes) is 2. The Bertz CT molecular complexity index is 1430. The fraction of sp³-hybridized carbons (Fsp3) is 0.545. The third-order valence-electron chi connectivity index (χ3n) is 7.98. The van der Waals surface area contributed by atoms with Crippen LogP contribution in [0.2, 0.25) is 0 Å². The Kier molecular flexibility index (Phi) is 10.5. The van der Waals surface area contributed by atoms with Crippen LogP contribution >= 0.6 is 0 Å². The SMILES string of the molecule is COc1nc(NCCN(C)CCCCCO)nc(OC)c1NC(=O)c1ccc(Cc2cc3c(cc2C)C(C)(C)OC3(C)C)o1. The molecule has 0 fully saturated rings. The van der Waals surface area contributed by atoms with E-state index < -0.39 is 11.5 Å². The molecule has 1 aliphatic heterocycles. The Hall–Kier alpha value is -3.67. The molecule has 44 heavy (non-hydrogen) atoms. The average molecular weight is 610 g/mol. The summed E-state index contributed by atoms with van der Waals surface area (Å²) in [5.74, 6) is 1.00. The van der Waals surface area contributed by atoms with Gasteiger partial charge in [-0.15, -0.1) is 0 Å². The normalized spacial score (nSPS) is 14.9. The van der Waals surface area contributed by atoms with E-state index in [1.54, 1.807) is 6.07 Å². The summed E-state index contributed by atoms with van der Waals surface area (Å²) < 4.78 is 23.3. The summed E-state index contributed by atoms with van der Waals surface area (Å²) in [6, 6.07) is 7.86. The summed E-state index contributed by atoms with van der Waals surface area (Å²) in [5, 5.41) is 14.9. The molecule has 240 valence electrons. The predicted octanol–water partition coefficient (Wildman–Crippen LogP) is 5.25. The van der Waals surface area contributed by atoms with Crippen molar-refractivity contribution in [2.24, 2.45) is 0 Å². The minimum Gasteiger partial charge on any atom is -0.479 e. The molecule has 3 N–H and O–H groups in total. The van der Waals surface area contributed by atoms with E-state index in [0.717, 1.165) is 43.5 Å². The average Bonchev–Trinajstić information content (AvgIpc) is 3.51. The van der Waals surface area contributed by atoms with Crippen molar-refractivity contribution in [3.63, 3.8) is 0 Å². The fourth-order valence-corrected chi connectivity index (χ4v) is 5.69. The van der Waals surface area contributed by atoms with Gasteiger partial charge in [0.15, 0.2) is 11.4 Å². The van der Waals surface area contributed by atoms with Crippen LogP contribution in [0.15, 0.2) is 28.7 Å². The van der Waals surface area contributed by atoms with Gasteiger partial charge in [0.05, 0.1) is 25.4 Å². The summed E-state index contributed by atoms with van der Waals surface area (Å²) in [6.45, 7) is 13.0. The molecule has 1 aliphatic rings. The van der Waals surface area contributed by atoms with E-state index >= 15 is 0 Å². The molecule has 0 radical (unpaired) electrons. The van der Waals surface area contributed by atoms with Crippen LogP contribution in [0.1, 0.15) is 85.5 Å². The molecule has 1 amide bonds. The highest BCUT2D eigenvalue weighted by molar-refractivity contribution is 6.03.